The zero-order chi connectivity index (χ0) is 15.3. The van der Waals surface area contributed by atoms with Crippen LogP contribution < -0.4 is 0 Å². The molecule has 0 aliphatic carbocycles. The van der Waals surface area contributed by atoms with Gasteiger partial charge in [0.25, 0.3) is 0 Å². The average Bonchev–Trinajstić information content (AvgIpc) is 2.38. The third-order valence-corrected chi connectivity index (χ3v) is 3.82. The van der Waals surface area contributed by atoms with Crippen LogP contribution in [0.3, 0.4) is 0 Å². The van der Waals surface area contributed by atoms with Gasteiger partial charge in [0, 0.05) is 25.7 Å². The molecule has 20 heavy (non-hydrogen) atoms. The summed E-state index contributed by atoms with van der Waals surface area (Å²) in [6, 6.07) is -0.975. The number of carboxylic acids is 1. The molecule has 0 spiro atoms. The summed E-state index contributed by atoms with van der Waals surface area (Å²) in [6.45, 7) is 6.78. The predicted octanol–water partition coefficient (Wildman–Crippen LogP) is 1.38. The lowest BCUT2D eigenvalue weighted by atomic mass is 9.92. The fourth-order valence-electron chi connectivity index (χ4n) is 2.59. The van der Waals surface area contributed by atoms with Crippen LogP contribution in [0.5, 0.6) is 0 Å². The number of urea groups is 1. The molecule has 0 aromatic heterocycles. The van der Waals surface area contributed by atoms with Gasteiger partial charge in [-0.3, -0.25) is 0 Å². The van der Waals surface area contributed by atoms with Gasteiger partial charge in [0.15, 0.2) is 0 Å². The number of rotatable bonds is 5. The molecular weight excluding hydrogens is 260 g/mol. The fourth-order valence-corrected chi connectivity index (χ4v) is 2.59. The molecule has 1 aliphatic rings. The molecule has 116 valence electrons. The predicted molar refractivity (Wildman–Crippen MR) is 75.5 cm³/mol. The molecule has 6 heteroatoms. The Morgan fingerprint density at radius 3 is 2.55 bits per heavy atom. The highest BCUT2D eigenvalue weighted by molar-refractivity contribution is 5.83. The van der Waals surface area contributed by atoms with Crippen molar-refractivity contribution in [3.05, 3.63) is 0 Å². The zero-order valence-electron chi connectivity index (χ0n) is 12.6. The van der Waals surface area contributed by atoms with Crippen molar-refractivity contribution in [1.82, 2.24) is 9.80 Å². The molecule has 1 saturated heterocycles. The van der Waals surface area contributed by atoms with Crippen LogP contribution in [0.1, 0.15) is 40.0 Å². The van der Waals surface area contributed by atoms with Gasteiger partial charge >= 0.3 is 12.0 Å². The summed E-state index contributed by atoms with van der Waals surface area (Å²) < 4.78 is 0. The second-order valence-electron chi connectivity index (χ2n) is 5.82. The van der Waals surface area contributed by atoms with E-state index in [0.717, 1.165) is 6.42 Å². The molecule has 2 N–H and O–H groups in total. The standard InChI is InChI=1S/C14H26N2O4/c1-10(2)15(6-4-8-17)14(20)16-7-5-11(3)9-12(16)13(18)19/h10-12,17H,4-9H2,1-3H3,(H,18,19). The van der Waals surface area contributed by atoms with E-state index in [1.165, 1.54) is 4.90 Å². The highest BCUT2D eigenvalue weighted by Crippen LogP contribution is 2.24. The SMILES string of the molecule is CC1CCN(C(=O)N(CCCO)C(C)C)C(C(=O)O)C1. The Morgan fingerprint density at radius 1 is 1.40 bits per heavy atom. The molecular formula is C14H26N2O4. The van der Waals surface area contributed by atoms with Crippen LogP contribution in [0, 0.1) is 5.92 Å². The van der Waals surface area contributed by atoms with E-state index >= 15 is 0 Å². The Hall–Kier alpha value is -1.30. The zero-order valence-corrected chi connectivity index (χ0v) is 12.6. The quantitative estimate of drug-likeness (QED) is 0.800. The molecule has 0 aromatic rings. The Kier molecular flexibility index (Phi) is 6.26. The lowest BCUT2D eigenvalue weighted by Gasteiger charge is -2.40. The first-order chi connectivity index (χ1) is 9.38. The Balaban J connectivity index is 2.82. The first kappa shape index (κ1) is 16.8. The van der Waals surface area contributed by atoms with Crippen LogP contribution in [0.15, 0.2) is 0 Å². The lowest BCUT2D eigenvalue weighted by Crippen LogP contribution is -2.55. The van der Waals surface area contributed by atoms with E-state index in [1.807, 2.05) is 20.8 Å². The number of piperidine rings is 1. The van der Waals surface area contributed by atoms with Gasteiger partial charge < -0.3 is 20.0 Å². The van der Waals surface area contributed by atoms with Crippen LogP contribution in [0.25, 0.3) is 0 Å². The first-order valence-corrected chi connectivity index (χ1v) is 7.29. The van der Waals surface area contributed by atoms with Crippen molar-refractivity contribution in [2.45, 2.75) is 52.1 Å². The first-order valence-electron chi connectivity index (χ1n) is 7.29. The summed E-state index contributed by atoms with van der Waals surface area (Å²) in [6.07, 6.45) is 1.85. The summed E-state index contributed by atoms with van der Waals surface area (Å²) in [5.74, 6) is -0.610. The summed E-state index contributed by atoms with van der Waals surface area (Å²) >= 11 is 0. The van der Waals surface area contributed by atoms with Crippen LogP contribution in [-0.2, 0) is 4.79 Å². The van der Waals surface area contributed by atoms with E-state index in [4.69, 9.17) is 5.11 Å². The number of carbonyl (C=O) groups is 2. The van der Waals surface area contributed by atoms with E-state index in [-0.39, 0.29) is 18.7 Å². The van der Waals surface area contributed by atoms with Crippen LogP contribution in [0.4, 0.5) is 4.79 Å². The van der Waals surface area contributed by atoms with Crippen molar-refractivity contribution in [3.8, 4) is 0 Å². The fraction of sp³-hybridized carbons (Fsp3) is 0.857. The Bertz CT molecular complexity index is 346. The maximum absolute atomic E-state index is 12.6. The molecule has 1 rings (SSSR count). The van der Waals surface area contributed by atoms with Crippen LogP contribution in [-0.4, -0.2) is 63.8 Å². The van der Waals surface area contributed by atoms with Crippen molar-refractivity contribution in [1.29, 1.82) is 0 Å². The topological polar surface area (TPSA) is 81.1 Å². The molecule has 1 heterocycles. The number of hydrogen-bond donors (Lipinski definition) is 2. The van der Waals surface area contributed by atoms with Crippen LogP contribution >= 0.6 is 0 Å². The number of likely N-dealkylation sites (tertiary alicyclic amines) is 1. The highest BCUT2D eigenvalue weighted by Gasteiger charge is 2.37. The van der Waals surface area contributed by atoms with Gasteiger partial charge in [-0.15, -0.1) is 0 Å². The maximum Gasteiger partial charge on any atom is 0.326 e. The minimum atomic E-state index is -0.934. The van der Waals surface area contributed by atoms with Gasteiger partial charge in [-0.2, -0.15) is 0 Å². The molecule has 2 atom stereocenters. The van der Waals surface area contributed by atoms with Crippen molar-refractivity contribution in [2.24, 2.45) is 5.92 Å². The maximum atomic E-state index is 12.6. The van der Waals surface area contributed by atoms with E-state index in [2.05, 4.69) is 0 Å². The number of hydrogen-bond acceptors (Lipinski definition) is 3. The average molecular weight is 286 g/mol. The number of carbonyl (C=O) groups excluding carboxylic acids is 1. The number of nitrogens with zero attached hydrogens (tertiary/aromatic N) is 2. The molecule has 0 aromatic carbocycles. The van der Waals surface area contributed by atoms with E-state index < -0.39 is 12.0 Å². The number of aliphatic hydroxyl groups excluding tert-OH is 1. The van der Waals surface area contributed by atoms with Gasteiger partial charge in [-0.05, 0) is 39.0 Å². The molecule has 1 aliphatic heterocycles. The Morgan fingerprint density at radius 2 is 2.05 bits per heavy atom. The monoisotopic (exact) mass is 286 g/mol. The largest absolute Gasteiger partial charge is 0.480 e. The number of aliphatic hydroxyl groups is 1. The number of carboxylic acid groups (broad SMARTS) is 1. The van der Waals surface area contributed by atoms with E-state index in [1.54, 1.807) is 4.90 Å². The molecule has 0 bridgehead atoms. The number of aliphatic carboxylic acids is 1. The lowest BCUT2D eigenvalue weighted by molar-refractivity contribution is -0.144. The molecule has 0 saturated carbocycles. The van der Waals surface area contributed by atoms with Gasteiger partial charge in [0.2, 0.25) is 0 Å². The molecule has 2 amide bonds. The summed E-state index contributed by atoms with van der Waals surface area (Å²) in [4.78, 5) is 27.1. The van der Waals surface area contributed by atoms with E-state index in [0.29, 0.717) is 31.8 Å². The van der Waals surface area contributed by atoms with Crippen molar-refractivity contribution < 1.29 is 19.8 Å². The van der Waals surface area contributed by atoms with Gasteiger partial charge in [0.1, 0.15) is 6.04 Å². The molecule has 2 unspecified atom stereocenters. The van der Waals surface area contributed by atoms with Crippen LogP contribution in [0.2, 0.25) is 0 Å². The third-order valence-electron chi connectivity index (χ3n) is 3.82. The molecule has 0 radical (unpaired) electrons. The smallest absolute Gasteiger partial charge is 0.326 e. The minimum Gasteiger partial charge on any atom is -0.480 e. The molecule has 1 fully saturated rings. The summed E-state index contributed by atoms with van der Waals surface area (Å²) in [5.41, 5.74) is 0. The third kappa shape index (κ3) is 4.10. The van der Waals surface area contributed by atoms with Crippen molar-refractivity contribution >= 4 is 12.0 Å². The Labute approximate surface area is 120 Å². The van der Waals surface area contributed by atoms with E-state index in [9.17, 15) is 14.7 Å². The highest BCUT2D eigenvalue weighted by atomic mass is 16.4. The number of amides is 2. The van der Waals surface area contributed by atoms with Gasteiger partial charge in [-0.25, -0.2) is 9.59 Å². The summed E-state index contributed by atoms with van der Waals surface area (Å²) in [5, 5.41) is 18.2. The second-order valence-corrected chi connectivity index (χ2v) is 5.82. The molecule has 6 nitrogen and oxygen atoms in total. The van der Waals surface area contributed by atoms with Gasteiger partial charge in [-0.1, -0.05) is 6.92 Å². The summed E-state index contributed by atoms with van der Waals surface area (Å²) in [7, 11) is 0. The second kappa shape index (κ2) is 7.47. The van der Waals surface area contributed by atoms with Crippen molar-refractivity contribution in [2.75, 3.05) is 19.7 Å². The van der Waals surface area contributed by atoms with Crippen molar-refractivity contribution in [3.63, 3.8) is 0 Å². The van der Waals surface area contributed by atoms with Gasteiger partial charge in [0.05, 0.1) is 0 Å². The normalized spacial score (nSPS) is 22.9. The minimum absolute atomic E-state index is 0.0113.